The fourth-order valence-electron chi connectivity index (χ4n) is 2.74. The van der Waals surface area contributed by atoms with E-state index in [-0.39, 0.29) is 6.03 Å². The number of aromatic nitrogens is 3. The molecule has 0 unspecified atom stereocenters. The number of carbonyl (C=O) groups is 1. The minimum Gasteiger partial charge on any atom is -0.334 e. The first-order valence-corrected chi connectivity index (χ1v) is 8.67. The summed E-state index contributed by atoms with van der Waals surface area (Å²) in [5.74, 6) is 0.485. The lowest BCUT2D eigenvalue weighted by Crippen LogP contribution is -2.28. The first-order valence-electron chi connectivity index (χ1n) is 7.79. The van der Waals surface area contributed by atoms with E-state index in [1.807, 2.05) is 11.3 Å². The van der Waals surface area contributed by atoms with Crippen molar-refractivity contribution >= 4 is 23.2 Å². The monoisotopic (exact) mass is 319 g/mol. The van der Waals surface area contributed by atoms with Crippen molar-refractivity contribution in [2.24, 2.45) is 0 Å². The highest BCUT2D eigenvalue weighted by molar-refractivity contribution is 7.10. The lowest BCUT2D eigenvalue weighted by molar-refractivity contribution is 0.251. The Kier molecular flexibility index (Phi) is 4.72. The number of amides is 2. The molecule has 0 radical (unpaired) electrons. The summed E-state index contributed by atoms with van der Waals surface area (Å²) in [6.45, 7) is 3.45. The van der Waals surface area contributed by atoms with E-state index in [2.05, 4.69) is 33.2 Å². The van der Waals surface area contributed by atoms with Gasteiger partial charge in [-0.2, -0.15) is 0 Å². The van der Waals surface area contributed by atoms with Gasteiger partial charge in [-0.15, -0.1) is 16.4 Å². The molecule has 2 N–H and O–H groups in total. The zero-order valence-electron chi connectivity index (χ0n) is 12.8. The van der Waals surface area contributed by atoms with E-state index in [4.69, 9.17) is 0 Å². The minimum atomic E-state index is -0.237. The largest absolute Gasteiger partial charge is 0.334 e. The Morgan fingerprint density at radius 1 is 1.41 bits per heavy atom. The summed E-state index contributed by atoms with van der Waals surface area (Å²) >= 11 is 1.82. The molecular weight excluding hydrogens is 298 g/mol. The van der Waals surface area contributed by atoms with E-state index in [0.717, 1.165) is 19.4 Å². The van der Waals surface area contributed by atoms with Crippen molar-refractivity contribution in [2.45, 2.75) is 52.1 Å². The Balaban J connectivity index is 1.52. The molecule has 0 fully saturated rings. The highest BCUT2D eigenvalue weighted by Crippen LogP contribution is 2.30. The molecule has 0 saturated carbocycles. The molecule has 1 aliphatic rings. The van der Waals surface area contributed by atoms with Gasteiger partial charge in [0.25, 0.3) is 0 Å². The summed E-state index contributed by atoms with van der Waals surface area (Å²) in [6, 6.07) is -0.237. The number of anilines is 1. The zero-order chi connectivity index (χ0) is 15.4. The molecule has 7 heteroatoms. The number of carbonyl (C=O) groups excluding carboxylic acids is 1. The predicted octanol–water partition coefficient (Wildman–Crippen LogP) is 2.95. The average Bonchev–Trinajstić information content (AvgIpc) is 3.12. The van der Waals surface area contributed by atoms with Crippen molar-refractivity contribution < 1.29 is 4.79 Å². The van der Waals surface area contributed by atoms with Crippen molar-refractivity contribution in [3.63, 3.8) is 0 Å². The molecule has 118 valence electrons. The van der Waals surface area contributed by atoms with Crippen molar-refractivity contribution in [1.82, 2.24) is 20.3 Å². The first-order chi connectivity index (χ1) is 10.8. The molecule has 0 bridgehead atoms. The smallest absolute Gasteiger partial charge is 0.320 e. The Labute approximate surface area is 133 Å². The second kappa shape index (κ2) is 6.91. The predicted molar refractivity (Wildman–Crippen MR) is 87.1 cm³/mol. The number of rotatable bonds is 5. The summed E-state index contributed by atoms with van der Waals surface area (Å²) in [5, 5.41) is 15.7. The van der Waals surface area contributed by atoms with Crippen LogP contribution in [-0.4, -0.2) is 21.0 Å². The molecule has 2 aromatic rings. The molecular formula is C15H21N5OS. The van der Waals surface area contributed by atoms with Gasteiger partial charge in [0.2, 0.25) is 0 Å². The number of aryl methyl sites for hydroxylation is 2. The zero-order valence-corrected chi connectivity index (χ0v) is 13.6. The number of hydrogen-bond acceptors (Lipinski definition) is 4. The van der Waals surface area contributed by atoms with E-state index in [1.54, 1.807) is 10.9 Å². The maximum atomic E-state index is 11.9. The molecule has 2 heterocycles. The Morgan fingerprint density at radius 2 is 2.27 bits per heavy atom. The van der Waals surface area contributed by atoms with Crippen LogP contribution >= 0.6 is 11.3 Å². The van der Waals surface area contributed by atoms with Gasteiger partial charge in [0.15, 0.2) is 5.82 Å². The van der Waals surface area contributed by atoms with E-state index in [0.29, 0.717) is 12.4 Å². The van der Waals surface area contributed by atoms with Crippen LogP contribution in [0.4, 0.5) is 10.6 Å². The van der Waals surface area contributed by atoms with Gasteiger partial charge < -0.3 is 5.32 Å². The Bertz CT molecular complexity index is 648. The van der Waals surface area contributed by atoms with Crippen LogP contribution in [0, 0.1) is 0 Å². The summed E-state index contributed by atoms with van der Waals surface area (Å²) in [7, 11) is 0. The van der Waals surface area contributed by atoms with E-state index >= 15 is 0 Å². The second-order valence-corrected chi connectivity index (χ2v) is 6.51. The molecule has 0 saturated heterocycles. The molecule has 1 aliphatic carbocycles. The molecule has 2 amide bonds. The molecule has 6 nitrogen and oxygen atoms in total. The van der Waals surface area contributed by atoms with Crippen LogP contribution in [0.15, 0.2) is 11.6 Å². The van der Waals surface area contributed by atoms with Crippen LogP contribution in [0.5, 0.6) is 0 Å². The van der Waals surface area contributed by atoms with Gasteiger partial charge in [-0.05, 0) is 48.6 Å². The summed E-state index contributed by atoms with van der Waals surface area (Å²) in [4.78, 5) is 13.4. The lowest BCUT2D eigenvalue weighted by atomic mass is 9.96. The lowest BCUT2D eigenvalue weighted by Gasteiger charge is -2.13. The van der Waals surface area contributed by atoms with Crippen LogP contribution in [-0.2, 0) is 25.9 Å². The summed E-state index contributed by atoms with van der Waals surface area (Å²) in [5.41, 5.74) is 2.70. The molecule has 0 spiro atoms. The number of urea groups is 1. The third-order valence-corrected chi connectivity index (χ3v) is 4.96. The third kappa shape index (κ3) is 3.47. The number of hydrogen-bond donors (Lipinski definition) is 2. The highest BCUT2D eigenvalue weighted by atomic mass is 32.1. The van der Waals surface area contributed by atoms with Crippen molar-refractivity contribution in [1.29, 1.82) is 0 Å². The van der Waals surface area contributed by atoms with Crippen LogP contribution in [0.25, 0.3) is 0 Å². The maximum absolute atomic E-state index is 11.9. The van der Waals surface area contributed by atoms with Gasteiger partial charge in [0.05, 0.1) is 6.20 Å². The Morgan fingerprint density at radius 3 is 3.14 bits per heavy atom. The van der Waals surface area contributed by atoms with Gasteiger partial charge >= 0.3 is 6.03 Å². The van der Waals surface area contributed by atoms with Gasteiger partial charge in [-0.1, -0.05) is 12.1 Å². The molecule has 0 atom stereocenters. The standard InChI is InChI=1S/C15H21N5OS/c1-2-7-20-9-14(18-19-20)17-15(21)16-8-11-10-22-13-6-4-3-5-12(11)13/h9-10H,2-8H2,1H3,(H2,16,17,21). The number of thiophene rings is 1. The average molecular weight is 319 g/mol. The Hall–Kier alpha value is -1.89. The van der Waals surface area contributed by atoms with Gasteiger partial charge in [-0.3, -0.25) is 10.00 Å². The fourth-order valence-corrected chi connectivity index (χ4v) is 3.89. The normalized spacial score (nSPS) is 13.7. The maximum Gasteiger partial charge on any atom is 0.320 e. The van der Waals surface area contributed by atoms with Gasteiger partial charge in [0.1, 0.15) is 0 Å². The third-order valence-electron chi connectivity index (χ3n) is 3.82. The van der Waals surface area contributed by atoms with Crippen LogP contribution in [0.3, 0.4) is 0 Å². The van der Waals surface area contributed by atoms with E-state index in [1.165, 1.54) is 35.3 Å². The van der Waals surface area contributed by atoms with Crippen LogP contribution in [0.2, 0.25) is 0 Å². The van der Waals surface area contributed by atoms with Crippen molar-refractivity contribution in [3.05, 3.63) is 27.6 Å². The number of nitrogens with one attached hydrogen (secondary N) is 2. The first kappa shape index (κ1) is 15.0. The summed E-state index contributed by atoms with van der Waals surface area (Å²) < 4.78 is 1.73. The van der Waals surface area contributed by atoms with Crippen LogP contribution < -0.4 is 10.6 Å². The van der Waals surface area contributed by atoms with Gasteiger partial charge in [0, 0.05) is 18.0 Å². The van der Waals surface area contributed by atoms with Gasteiger partial charge in [-0.25, -0.2) is 4.79 Å². The van der Waals surface area contributed by atoms with Crippen molar-refractivity contribution in [3.8, 4) is 0 Å². The quantitative estimate of drug-likeness (QED) is 0.890. The fraction of sp³-hybridized carbons (Fsp3) is 0.533. The molecule has 3 rings (SSSR count). The molecule has 0 aromatic carbocycles. The van der Waals surface area contributed by atoms with E-state index in [9.17, 15) is 4.79 Å². The topological polar surface area (TPSA) is 71.8 Å². The molecule has 2 aromatic heterocycles. The molecule has 22 heavy (non-hydrogen) atoms. The number of nitrogens with zero attached hydrogens (tertiary/aromatic N) is 3. The van der Waals surface area contributed by atoms with Crippen LogP contribution in [0.1, 0.15) is 42.2 Å². The number of fused-ring (bicyclic) bond motifs is 1. The second-order valence-electron chi connectivity index (χ2n) is 5.54. The molecule has 0 aliphatic heterocycles. The van der Waals surface area contributed by atoms with Crippen molar-refractivity contribution in [2.75, 3.05) is 5.32 Å². The highest BCUT2D eigenvalue weighted by Gasteiger charge is 2.16. The van der Waals surface area contributed by atoms with E-state index < -0.39 is 0 Å². The summed E-state index contributed by atoms with van der Waals surface area (Å²) in [6.07, 6.45) is 7.60. The SMILES string of the molecule is CCCn1cc(NC(=O)NCc2csc3c2CCCC3)nn1. The minimum absolute atomic E-state index is 0.237.